The number of methoxy groups -OCH3 is 1. The van der Waals surface area contributed by atoms with E-state index < -0.39 is 11.4 Å². The molecule has 112 valence electrons. The zero-order valence-electron chi connectivity index (χ0n) is 12.4. The molecule has 1 atom stereocenters. The first-order valence-corrected chi connectivity index (χ1v) is 7.37. The van der Waals surface area contributed by atoms with E-state index in [0.29, 0.717) is 13.0 Å². The lowest BCUT2D eigenvalue weighted by molar-refractivity contribution is -0.147. The zero-order chi connectivity index (χ0) is 15.3. The minimum Gasteiger partial charge on any atom is -0.497 e. The Balaban J connectivity index is 2.59. The Morgan fingerprint density at radius 3 is 2.65 bits per heavy atom. The van der Waals surface area contributed by atoms with Crippen LogP contribution in [0.4, 0.5) is 0 Å². The summed E-state index contributed by atoms with van der Waals surface area (Å²) in [5, 5.41) is 12.4. The third-order valence-electron chi connectivity index (χ3n) is 3.45. The van der Waals surface area contributed by atoms with Crippen LogP contribution in [0.3, 0.4) is 0 Å². The highest BCUT2D eigenvalue weighted by Crippen LogP contribution is 2.28. The van der Waals surface area contributed by atoms with E-state index in [1.165, 1.54) is 0 Å². The minimum atomic E-state index is -0.766. The summed E-state index contributed by atoms with van der Waals surface area (Å²) in [6.45, 7) is 6.19. The lowest BCUT2D eigenvalue weighted by Gasteiger charge is -2.22. The van der Waals surface area contributed by atoms with Gasteiger partial charge < -0.3 is 15.2 Å². The van der Waals surface area contributed by atoms with Gasteiger partial charge in [-0.05, 0) is 51.4 Å². The van der Waals surface area contributed by atoms with E-state index in [1.54, 1.807) is 21.0 Å². The fourth-order valence-electron chi connectivity index (χ4n) is 1.80. The van der Waals surface area contributed by atoms with Gasteiger partial charge in [0.2, 0.25) is 0 Å². The van der Waals surface area contributed by atoms with Gasteiger partial charge in [0.1, 0.15) is 5.75 Å². The topological polar surface area (TPSA) is 58.6 Å². The monoisotopic (exact) mass is 343 g/mol. The molecule has 1 rings (SSSR count). The van der Waals surface area contributed by atoms with E-state index in [-0.39, 0.29) is 6.04 Å². The highest BCUT2D eigenvalue weighted by molar-refractivity contribution is 9.10. The highest BCUT2D eigenvalue weighted by Gasteiger charge is 2.26. The summed E-state index contributed by atoms with van der Waals surface area (Å²) in [5.74, 6) is 0.0393. The molecule has 0 fully saturated rings. The summed E-state index contributed by atoms with van der Waals surface area (Å²) < 4.78 is 6.15. The first kappa shape index (κ1) is 17.0. The standard InChI is InChI=1S/C15H22BrNO3/c1-10(17-8-7-15(2,3)14(18)19)12-6-5-11(20-4)9-13(12)16/h5-6,9-10,17H,7-8H2,1-4H3,(H,18,19). The molecule has 20 heavy (non-hydrogen) atoms. The molecule has 0 amide bonds. The van der Waals surface area contributed by atoms with E-state index in [9.17, 15) is 4.79 Å². The van der Waals surface area contributed by atoms with Crippen LogP contribution in [0.5, 0.6) is 5.75 Å². The van der Waals surface area contributed by atoms with Crippen molar-refractivity contribution in [2.75, 3.05) is 13.7 Å². The van der Waals surface area contributed by atoms with Crippen molar-refractivity contribution in [1.82, 2.24) is 5.32 Å². The molecule has 1 aromatic rings. The van der Waals surface area contributed by atoms with Gasteiger partial charge in [-0.15, -0.1) is 0 Å². The van der Waals surface area contributed by atoms with Crippen LogP contribution in [-0.2, 0) is 4.79 Å². The normalized spacial score (nSPS) is 13.1. The highest BCUT2D eigenvalue weighted by atomic mass is 79.9. The van der Waals surface area contributed by atoms with E-state index >= 15 is 0 Å². The molecule has 1 unspecified atom stereocenters. The number of carboxylic acids is 1. The van der Waals surface area contributed by atoms with Gasteiger partial charge in [0.25, 0.3) is 0 Å². The second-order valence-corrected chi connectivity index (χ2v) is 6.36. The Kier molecular flexibility index (Phi) is 6.02. The van der Waals surface area contributed by atoms with Crippen LogP contribution in [0.15, 0.2) is 22.7 Å². The second-order valence-electron chi connectivity index (χ2n) is 5.50. The summed E-state index contributed by atoms with van der Waals surface area (Å²) in [7, 11) is 1.64. The average Bonchev–Trinajstić information content (AvgIpc) is 2.37. The number of hydrogen-bond acceptors (Lipinski definition) is 3. The Morgan fingerprint density at radius 2 is 2.15 bits per heavy atom. The van der Waals surface area contributed by atoms with Crippen LogP contribution in [-0.4, -0.2) is 24.7 Å². The molecule has 1 aromatic carbocycles. The van der Waals surface area contributed by atoms with Gasteiger partial charge >= 0.3 is 5.97 Å². The molecule has 2 N–H and O–H groups in total. The maximum absolute atomic E-state index is 11.0. The Bertz CT molecular complexity index is 474. The van der Waals surface area contributed by atoms with Gasteiger partial charge in [0.15, 0.2) is 0 Å². The fourth-order valence-corrected chi connectivity index (χ4v) is 2.51. The predicted octanol–water partition coefficient (Wildman–Crippen LogP) is 3.61. The minimum absolute atomic E-state index is 0.139. The molecule has 0 aliphatic carbocycles. The molecule has 0 saturated heterocycles. The second kappa shape index (κ2) is 7.09. The molecule has 0 aliphatic heterocycles. The lowest BCUT2D eigenvalue weighted by atomic mass is 9.89. The molecule has 0 radical (unpaired) electrons. The summed E-state index contributed by atoms with van der Waals surface area (Å²) in [6, 6.07) is 5.98. The summed E-state index contributed by atoms with van der Waals surface area (Å²) in [6.07, 6.45) is 0.584. The third kappa shape index (κ3) is 4.49. The number of carbonyl (C=O) groups is 1. The Morgan fingerprint density at radius 1 is 1.50 bits per heavy atom. The number of halogens is 1. The lowest BCUT2D eigenvalue weighted by Crippen LogP contribution is -2.30. The fraction of sp³-hybridized carbons (Fsp3) is 0.533. The van der Waals surface area contributed by atoms with Gasteiger partial charge in [0.05, 0.1) is 12.5 Å². The molecule has 0 heterocycles. The van der Waals surface area contributed by atoms with Gasteiger partial charge in [-0.2, -0.15) is 0 Å². The summed E-state index contributed by atoms with van der Waals surface area (Å²) >= 11 is 3.53. The van der Waals surface area contributed by atoms with Crippen molar-refractivity contribution in [2.45, 2.75) is 33.2 Å². The first-order valence-electron chi connectivity index (χ1n) is 6.58. The average molecular weight is 344 g/mol. The smallest absolute Gasteiger partial charge is 0.309 e. The molecule has 5 heteroatoms. The van der Waals surface area contributed by atoms with Crippen molar-refractivity contribution < 1.29 is 14.6 Å². The molecular formula is C15H22BrNO3. The van der Waals surface area contributed by atoms with Crippen LogP contribution in [0.25, 0.3) is 0 Å². The van der Waals surface area contributed by atoms with E-state index in [0.717, 1.165) is 15.8 Å². The van der Waals surface area contributed by atoms with Crippen molar-refractivity contribution >= 4 is 21.9 Å². The van der Waals surface area contributed by atoms with E-state index in [4.69, 9.17) is 9.84 Å². The van der Waals surface area contributed by atoms with Crippen molar-refractivity contribution in [3.63, 3.8) is 0 Å². The summed E-state index contributed by atoms with van der Waals surface area (Å²) in [5.41, 5.74) is 0.420. The Labute approximate surface area is 128 Å². The largest absolute Gasteiger partial charge is 0.497 e. The number of rotatable bonds is 7. The quantitative estimate of drug-likeness (QED) is 0.793. The van der Waals surface area contributed by atoms with Gasteiger partial charge in [-0.25, -0.2) is 0 Å². The van der Waals surface area contributed by atoms with Crippen molar-refractivity contribution in [2.24, 2.45) is 5.41 Å². The van der Waals surface area contributed by atoms with E-state index in [2.05, 4.69) is 28.2 Å². The van der Waals surface area contributed by atoms with Crippen molar-refractivity contribution in [1.29, 1.82) is 0 Å². The molecule has 0 aliphatic rings. The maximum atomic E-state index is 11.0. The SMILES string of the molecule is COc1ccc(C(C)NCCC(C)(C)C(=O)O)c(Br)c1. The van der Waals surface area contributed by atoms with E-state index in [1.807, 2.05) is 18.2 Å². The zero-order valence-corrected chi connectivity index (χ0v) is 14.0. The van der Waals surface area contributed by atoms with Crippen molar-refractivity contribution in [3.05, 3.63) is 28.2 Å². The molecule has 4 nitrogen and oxygen atoms in total. The molecule has 0 saturated carbocycles. The number of nitrogens with one attached hydrogen (secondary N) is 1. The molecule has 0 bridgehead atoms. The molecule has 0 spiro atoms. The molecular weight excluding hydrogens is 322 g/mol. The number of hydrogen-bond donors (Lipinski definition) is 2. The van der Waals surface area contributed by atoms with Crippen LogP contribution in [0.1, 0.15) is 38.8 Å². The number of benzene rings is 1. The van der Waals surface area contributed by atoms with Gasteiger partial charge in [-0.1, -0.05) is 22.0 Å². The first-order chi connectivity index (χ1) is 9.27. The Hall–Kier alpha value is -1.07. The third-order valence-corrected chi connectivity index (χ3v) is 4.14. The predicted molar refractivity (Wildman–Crippen MR) is 83.1 cm³/mol. The maximum Gasteiger partial charge on any atom is 0.309 e. The van der Waals surface area contributed by atoms with Crippen LogP contribution in [0.2, 0.25) is 0 Å². The summed E-state index contributed by atoms with van der Waals surface area (Å²) in [4.78, 5) is 11.0. The van der Waals surface area contributed by atoms with Gasteiger partial charge in [0, 0.05) is 10.5 Å². The van der Waals surface area contributed by atoms with Gasteiger partial charge in [-0.3, -0.25) is 4.79 Å². The van der Waals surface area contributed by atoms with Crippen LogP contribution in [0, 0.1) is 5.41 Å². The van der Waals surface area contributed by atoms with Crippen LogP contribution >= 0.6 is 15.9 Å². The van der Waals surface area contributed by atoms with Crippen LogP contribution < -0.4 is 10.1 Å². The number of carboxylic acid groups (broad SMARTS) is 1. The molecule has 0 aromatic heterocycles. The van der Waals surface area contributed by atoms with Crippen molar-refractivity contribution in [3.8, 4) is 5.75 Å². The number of ether oxygens (including phenoxy) is 1. The number of aliphatic carboxylic acids is 1.